The van der Waals surface area contributed by atoms with E-state index in [-0.39, 0.29) is 5.90 Å². The third-order valence-electron chi connectivity index (χ3n) is 3.68. The van der Waals surface area contributed by atoms with Crippen LogP contribution in [0.25, 0.3) is 0 Å². The molecule has 0 fully saturated rings. The van der Waals surface area contributed by atoms with Crippen LogP contribution < -0.4 is 0 Å². The van der Waals surface area contributed by atoms with Crippen molar-refractivity contribution >= 4 is 46.7 Å². The van der Waals surface area contributed by atoms with Gasteiger partial charge in [-0.2, -0.15) is 0 Å². The van der Waals surface area contributed by atoms with Gasteiger partial charge in [0.2, 0.25) is 5.90 Å². The lowest BCUT2D eigenvalue weighted by Crippen LogP contribution is -2.43. The summed E-state index contributed by atoms with van der Waals surface area (Å²) in [4.78, 5) is 16.4. The summed E-state index contributed by atoms with van der Waals surface area (Å²) in [6.45, 7) is 5.14. The number of halogens is 3. The van der Waals surface area contributed by atoms with Gasteiger partial charge in [-0.1, -0.05) is 65.1 Å². The number of hydrogen-bond donors (Lipinski definition) is 1. The summed E-state index contributed by atoms with van der Waals surface area (Å²) >= 11 is 17.6. The predicted molar refractivity (Wildman–Crippen MR) is 103 cm³/mol. The second kappa shape index (κ2) is 8.34. The van der Waals surface area contributed by atoms with Gasteiger partial charge in [-0.3, -0.25) is 0 Å². The van der Waals surface area contributed by atoms with Gasteiger partial charge >= 0.3 is 5.97 Å². The molecule has 0 amide bonds. The molecule has 2 rings (SSSR count). The van der Waals surface area contributed by atoms with E-state index in [0.29, 0.717) is 12.8 Å². The lowest BCUT2D eigenvalue weighted by Gasteiger charge is -2.25. The number of aliphatic hydroxyl groups is 1. The fourth-order valence-corrected chi connectivity index (χ4v) is 2.84. The van der Waals surface area contributed by atoms with E-state index in [0.717, 1.165) is 5.56 Å². The highest BCUT2D eigenvalue weighted by Gasteiger charge is 2.45. The molecule has 0 saturated heterocycles. The van der Waals surface area contributed by atoms with E-state index in [1.807, 2.05) is 30.3 Å². The van der Waals surface area contributed by atoms with E-state index in [9.17, 15) is 9.90 Å². The molecule has 26 heavy (non-hydrogen) atoms. The molecule has 1 aliphatic heterocycles. The monoisotopic (exact) mass is 421 g/mol. The van der Waals surface area contributed by atoms with Crippen LogP contribution in [0.15, 0.2) is 35.3 Å². The van der Waals surface area contributed by atoms with Crippen molar-refractivity contribution in [3.63, 3.8) is 0 Å². The van der Waals surface area contributed by atoms with Crippen LogP contribution >= 0.6 is 34.8 Å². The van der Waals surface area contributed by atoms with Gasteiger partial charge in [-0.05, 0) is 39.2 Å². The number of aliphatic hydroxyl groups excluding tert-OH is 1. The summed E-state index contributed by atoms with van der Waals surface area (Å²) in [5.41, 5.74) is 0.350. The smallest absolute Gasteiger partial charge is 0.337 e. The minimum Gasteiger partial charge on any atom is -0.472 e. The Hall–Kier alpha value is -1.01. The third kappa shape index (κ3) is 6.02. The number of rotatable bonds is 5. The van der Waals surface area contributed by atoms with Crippen LogP contribution in [0.3, 0.4) is 0 Å². The zero-order valence-electron chi connectivity index (χ0n) is 14.8. The molecule has 3 atom stereocenters. The van der Waals surface area contributed by atoms with Gasteiger partial charge in [-0.25, -0.2) is 9.79 Å². The molecule has 1 heterocycles. The molecule has 144 valence electrons. The highest BCUT2D eigenvalue weighted by molar-refractivity contribution is 6.76. The summed E-state index contributed by atoms with van der Waals surface area (Å²) < 4.78 is 9.01. The third-order valence-corrected chi connectivity index (χ3v) is 4.17. The molecule has 0 saturated carbocycles. The number of ether oxygens (including phenoxy) is 2. The lowest BCUT2D eigenvalue weighted by molar-refractivity contribution is -0.167. The van der Waals surface area contributed by atoms with Crippen LogP contribution in [0.2, 0.25) is 0 Å². The van der Waals surface area contributed by atoms with Gasteiger partial charge < -0.3 is 14.6 Å². The van der Waals surface area contributed by atoms with Gasteiger partial charge in [0.25, 0.3) is 3.79 Å². The Labute approximate surface area is 168 Å². The first-order valence-electron chi connectivity index (χ1n) is 8.24. The molecule has 8 heteroatoms. The van der Waals surface area contributed by atoms with Crippen molar-refractivity contribution in [2.45, 2.75) is 61.3 Å². The summed E-state index contributed by atoms with van der Waals surface area (Å²) in [5, 5.41) is 10.4. The van der Waals surface area contributed by atoms with Crippen LogP contribution in [0.5, 0.6) is 0 Å². The van der Waals surface area contributed by atoms with E-state index in [1.54, 1.807) is 20.8 Å². The topological polar surface area (TPSA) is 68.1 Å². The highest BCUT2D eigenvalue weighted by Crippen LogP contribution is 2.35. The zero-order valence-corrected chi connectivity index (χ0v) is 17.1. The van der Waals surface area contributed by atoms with E-state index in [1.165, 1.54) is 0 Å². The number of carbonyl (C=O) groups is 1. The van der Waals surface area contributed by atoms with Gasteiger partial charge in [0.1, 0.15) is 17.7 Å². The maximum Gasteiger partial charge on any atom is 0.337 e. The molecule has 1 aromatic rings. The molecule has 1 N–H and O–H groups in total. The molecule has 5 nitrogen and oxygen atoms in total. The molecular formula is C18H22Cl3NO4. The molecule has 0 radical (unpaired) electrons. The van der Waals surface area contributed by atoms with Gasteiger partial charge in [0.05, 0.1) is 0 Å². The Morgan fingerprint density at radius 2 is 1.88 bits per heavy atom. The number of esters is 1. The van der Waals surface area contributed by atoms with Crippen molar-refractivity contribution in [2.24, 2.45) is 4.99 Å². The molecule has 0 bridgehead atoms. The van der Waals surface area contributed by atoms with Crippen molar-refractivity contribution < 1.29 is 19.4 Å². The van der Waals surface area contributed by atoms with Crippen molar-refractivity contribution in [2.75, 3.05) is 0 Å². The standard InChI is InChI=1S/C18H22Cl3NO4/c1-17(2,3)26-15(24)14(23)13-12(25-16(22-13)18(19,20)21)10-9-11-7-5-4-6-8-11/h4-8,12-14,23H,9-10H2,1-3H3/t12-,13-,14-/m1/s1. The number of aliphatic imine (C=N–C) groups is 1. The fraction of sp³-hybridized carbons (Fsp3) is 0.556. The molecule has 1 aromatic carbocycles. The van der Waals surface area contributed by atoms with Crippen LogP contribution in [0, 0.1) is 0 Å². The van der Waals surface area contributed by atoms with Crippen LogP contribution in [0.1, 0.15) is 32.8 Å². The van der Waals surface area contributed by atoms with Crippen molar-refractivity contribution in [3.05, 3.63) is 35.9 Å². The average Bonchev–Trinajstić information content (AvgIpc) is 2.96. The number of benzene rings is 1. The average molecular weight is 423 g/mol. The van der Waals surface area contributed by atoms with Crippen molar-refractivity contribution in [1.82, 2.24) is 0 Å². The Kier molecular flexibility index (Phi) is 6.83. The minimum atomic E-state index is -1.87. The first-order chi connectivity index (χ1) is 12.0. The Balaban J connectivity index is 2.13. The number of nitrogens with zero attached hydrogens (tertiary/aromatic N) is 1. The van der Waals surface area contributed by atoms with E-state index < -0.39 is 33.6 Å². The number of hydrogen-bond acceptors (Lipinski definition) is 5. The molecule has 0 spiro atoms. The SMILES string of the molecule is CC(C)(C)OC(=O)[C@H](O)[C@@H]1N=C(C(Cl)(Cl)Cl)O[C@@H]1CCc1ccccc1. The Bertz CT molecular complexity index is 653. The maximum atomic E-state index is 12.2. The van der Waals surface area contributed by atoms with E-state index in [2.05, 4.69) is 4.99 Å². The largest absolute Gasteiger partial charge is 0.472 e. The lowest BCUT2D eigenvalue weighted by atomic mass is 9.98. The number of carbonyl (C=O) groups excluding carboxylic acids is 1. The van der Waals surface area contributed by atoms with E-state index in [4.69, 9.17) is 44.3 Å². The molecule has 0 unspecified atom stereocenters. The summed E-state index contributed by atoms with van der Waals surface area (Å²) in [5.74, 6) is -0.918. The molecule has 0 aliphatic carbocycles. The van der Waals surface area contributed by atoms with Gasteiger partial charge in [0, 0.05) is 0 Å². The molecule has 0 aromatic heterocycles. The summed E-state index contributed by atoms with van der Waals surface area (Å²) in [7, 11) is 0. The maximum absolute atomic E-state index is 12.2. The van der Waals surface area contributed by atoms with Gasteiger partial charge in [-0.15, -0.1) is 0 Å². The Morgan fingerprint density at radius 3 is 2.42 bits per heavy atom. The van der Waals surface area contributed by atoms with E-state index >= 15 is 0 Å². The quantitative estimate of drug-likeness (QED) is 0.578. The molecular weight excluding hydrogens is 401 g/mol. The second-order valence-corrected chi connectivity index (χ2v) is 9.36. The highest BCUT2D eigenvalue weighted by atomic mass is 35.6. The normalized spacial score (nSPS) is 21.7. The first kappa shape index (κ1) is 21.3. The Morgan fingerprint density at radius 1 is 1.27 bits per heavy atom. The zero-order chi connectivity index (χ0) is 19.5. The van der Waals surface area contributed by atoms with Crippen molar-refractivity contribution in [1.29, 1.82) is 0 Å². The number of alkyl halides is 3. The van der Waals surface area contributed by atoms with Crippen LogP contribution in [0.4, 0.5) is 0 Å². The van der Waals surface area contributed by atoms with Gasteiger partial charge in [0.15, 0.2) is 6.10 Å². The summed E-state index contributed by atoms with van der Waals surface area (Å²) in [6, 6.07) is 8.84. The first-order valence-corrected chi connectivity index (χ1v) is 9.37. The van der Waals surface area contributed by atoms with Crippen molar-refractivity contribution in [3.8, 4) is 0 Å². The predicted octanol–water partition coefficient (Wildman–Crippen LogP) is 3.86. The van der Waals surface area contributed by atoms with Crippen LogP contribution in [-0.4, -0.2) is 44.6 Å². The summed E-state index contributed by atoms with van der Waals surface area (Å²) in [6.07, 6.45) is -0.975. The minimum absolute atomic E-state index is 0.131. The fourth-order valence-electron chi connectivity index (χ4n) is 2.56. The van der Waals surface area contributed by atoms with Crippen LogP contribution in [-0.2, 0) is 20.7 Å². The second-order valence-electron chi connectivity index (χ2n) is 7.08. The number of aryl methyl sites for hydroxylation is 1. The molecule has 1 aliphatic rings.